The third-order valence-electron chi connectivity index (χ3n) is 3.83. The third kappa shape index (κ3) is 4.43. The lowest BCUT2D eigenvalue weighted by molar-refractivity contribution is 0.179. The Kier molecular flexibility index (Phi) is 5.24. The molecule has 1 saturated heterocycles. The summed E-state index contributed by atoms with van der Waals surface area (Å²) in [6, 6.07) is 7.65. The lowest BCUT2D eigenvalue weighted by Gasteiger charge is -2.31. The van der Waals surface area contributed by atoms with Crippen LogP contribution in [0.3, 0.4) is 0 Å². The Morgan fingerprint density at radius 2 is 2.14 bits per heavy atom. The number of sulfonamides is 1. The number of benzene rings is 1. The molecule has 0 aliphatic carbocycles. The van der Waals surface area contributed by atoms with Crippen molar-refractivity contribution in [2.75, 3.05) is 26.0 Å². The van der Waals surface area contributed by atoms with Crippen LogP contribution in [0, 0.1) is 5.92 Å². The summed E-state index contributed by atoms with van der Waals surface area (Å²) in [4.78, 5) is 0. The molecular weight excluding hydrogens is 288 g/mol. The number of hydrogen-bond acceptors (Lipinski definition) is 4. The van der Waals surface area contributed by atoms with E-state index < -0.39 is 10.0 Å². The van der Waals surface area contributed by atoms with Crippen molar-refractivity contribution >= 4 is 10.0 Å². The van der Waals surface area contributed by atoms with Gasteiger partial charge in [0.05, 0.1) is 12.9 Å². The highest BCUT2D eigenvalue weighted by Gasteiger charge is 2.26. The molecule has 1 aliphatic heterocycles. The van der Waals surface area contributed by atoms with E-state index in [0.717, 1.165) is 24.2 Å². The Bertz CT molecular complexity index is 572. The number of nitrogens with zero attached hydrogens (tertiary/aromatic N) is 1. The van der Waals surface area contributed by atoms with Crippen molar-refractivity contribution in [3.8, 4) is 5.75 Å². The van der Waals surface area contributed by atoms with E-state index in [1.165, 1.54) is 6.26 Å². The molecule has 1 aliphatic rings. The molecule has 0 aromatic heterocycles. The minimum absolute atomic E-state index is 0.0833. The van der Waals surface area contributed by atoms with Gasteiger partial charge in [-0.3, -0.25) is 0 Å². The Hall–Kier alpha value is -1.11. The Labute approximate surface area is 127 Å². The molecular formula is C15H24N2O3S. The highest BCUT2D eigenvalue weighted by atomic mass is 32.2. The molecule has 21 heavy (non-hydrogen) atoms. The summed E-state index contributed by atoms with van der Waals surface area (Å²) >= 11 is 0. The van der Waals surface area contributed by atoms with E-state index >= 15 is 0 Å². The van der Waals surface area contributed by atoms with E-state index in [9.17, 15) is 8.42 Å². The normalized spacial score (nSPS) is 22.0. The predicted octanol–water partition coefficient (Wildman–Crippen LogP) is 1.76. The van der Waals surface area contributed by atoms with E-state index in [4.69, 9.17) is 10.5 Å². The molecule has 5 nitrogen and oxygen atoms in total. The number of para-hydroxylation sites is 1. The Morgan fingerprint density at radius 1 is 1.43 bits per heavy atom. The molecule has 1 unspecified atom stereocenters. The summed E-state index contributed by atoms with van der Waals surface area (Å²) < 4.78 is 30.7. The van der Waals surface area contributed by atoms with Gasteiger partial charge in [0.15, 0.2) is 0 Å². The highest BCUT2D eigenvalue weighted by molar-refractivity contribution is 7.88. The maximum Gasteiger partial charge on any atom is 0.211 e. The SMILES string of the molecule is C[C@@H](N)c1ccccc1OCC1CCCN(S(C)(=O)=O)C1. The first-order valence-corrected chi connectivity index (χ1v) is 9.15. The van der Waals surface area contributed by atoms with Gasteiger partial charge in [-0.1, -0.05) is 18.2 Å². The number of ether oxygens (including phenoxy) is 1. The minimum Gasteiger partial charge on any atom is -0.493 e. The first-order chi connectivity index (χ1) is 9.88. The standard InChI is InChI=1S/C15H24N2O3S/c1-12(16)14-7-3-4-8-15(14)20-11-13-6-5-9-17(10-13)21(2,18)19/h3-4,7-8,12-13H,5-6,9-11,16H2,1-2H3/t12-,13?/m1/s1. The minimum atomic E-state index is -3.11. The van der Waals surface area contributed by atoms with Crippen LogP contribution in [-0.4, -0.2) is 38.7 Å². The molecule has 2 rings (SSSR count). The van der Waals surface area contributed by atoms with Crippen molar-refractivity contribution < 1.29 is 13.2 Å². The van der Waals surface area contributed by atoms with Crippen molar-refractivity contribution in [1.82, 2.24) is 4.31 Å². The van der Waals surface area contributed by atoms with Gasteiger partial charge in [0, 0.05) is 30.6 Å². The molecule has 0 bridgehead atoms. The molecule has 2 atom stereocenters. The average molecular weight is 312 g/mol. The maximum absolute atomic E-state index is 11.6. The lowest BCUT2D eigenvalue weighted by atomic mass is 10.0. The zero-order valence-corrected chi connectivity index (χ0v) is 13.5. The van der Waals surface area contributed by atoms with Crippen molar-refractivity contribution in [3.63, 3.8) is 0 Å². The van der Waals surface area contributed by atoms with Gasteiger partial charge in [0.25, 0.3) is 0 Å². The van der Waals surface area contributed by atoms with Crippen LogP contribution in [0.5, 0.6) is 5.75 Å². The topological polar surface area (TPSA) is 72.6 Å². The van der Waals surface area contributed by atoms with Crippen LogP contribution in [0.2, 0.25) is 0 Å². The average Bonchev–Trinajstić information content (AvgIpc) is 2.45. The molecule has 0 spiro atoms. The van der Waals surface area contributed by atoms with Crippen LogP contribution in [0.4, 0.5) is 0 Å². The van der Waals surface area contributed by atoms with E-state index in [0.29, 0.717) is 19.7 Å². The van der Waals surface area contributed by atoms with Gasteiger partial charge in [0.2, 0.25) is 10.0 Å². The van der Waals surface area contributed by atoms with E-state index in [1.807, 2.05) is 31.2 Å². The summed E-state index contributed by atoms with van der Waals surface area (Å²) in [5.74, 6) is 1.03. The van der Waals surface area contributed by atoms with Crippen molar-refractivity contribution in [1.29, 1.82) is 0 Å². The molecule has 1 aromatic carbocycles. The second kappa shape index (κ2) is 6.77. The number of rotatable bonds is 5. The first kappa shape index (κ1) is 16.3. The summed E-state index contributed by atoms with van der Waals surface area (Å²) in [7, 11) is -3.11. The molecule has 1 fully saturated rings. The molecule has 1 aromatic rings. The van der Waals surface area contributed by atoms with Gasteiger partial charge in [0.1, 0.15) is 5.75 Å². The monoisotopic (exact) mass is 312 g/mol. The summed E-state index contributed by atoms with van der Waals surface area (Å²) in [6.07, 6.45) is 3.14. The van der Waals surface area contributed by atoms with Crippen molar-refractivity contribution in [2.45, 2.75) is 25.8 Å². The summed E-state index contributed by atoms with van der Waals surface area (Å²) in [5.41, 5.74) is 6.91. The van der Waals surface area contributed by atoms with Crippen molar-refractivity contribution in [3.05, 3.63) is 29.8 Å². The van der Waals surface area contributed by atoms with Gasteiger partial charge >= 0.3 is 0 Å². The van der Waals surface area contributed by atoms with E-state index in [1.54, 1.807) is 4.31 Å². The van der Waals surface area contributed by atoms with Crippen molar-refractivity contribution in [2.24, 2.45) is 11.7 Å². The molecule has 2 N–H and O–H groups in total. The van der Waals surface area contributed by atoms with E-state index in [-0.39, 0.29) is 12.0 Å². The molecule has 118 valence electrons. The van der Waals surface area contributed by atoms with Crippen LogP contribution in [0.1, 0.15) is 31.4 Å². The van der Waals surface area contributed by atoms with Crippen LogP contribution in [-0.2, 0) is 10.0 Å². The molecule has 1 heterocycles. The molecule has 6 heteroatoms. The Balaban J connectivity index is 1.97. The van der Waals surface area contributed by atoms with Gasteiger partial charge in [-0.25, -0.2) is 12.7 Å². The number of piperidine rings is 1. The largest absolute Gasteiger partial charge is 0.493 e. The second-order valence-electron chi connectivity index (χ2n) is 5.77. The fourth-order valence-corrected chi connectivity index (χ4v) is 3.60. The number of nitrogens with two attached hydrogens (primary N) is 1. The first-order valence-electron chi connectivity index (χ1n) is 7.30. The van der Waals surface area contributed by atoms with Gasteiger partial charge < -0.3 is 10.5 Å². The predicted molar refractivity (Wildman–Crippen MR) is 83.7 cm³/mol. The van der Waals surface area contributed by atoms with Crippen LogP contribution in [0.15, 0.2) is 24.3 Å². The smallest absolute Gasteiger partial charge is 0.211 e. The van der Waals surface area contributed by atoms with Crippen LogP contribution in [0.25, 0.3) is 0 Å². The maximum atomic E-state index is 11.6. The fourth-order valence-electron chi connectivity index (χ4n) is 2.66. The third-order valence-corrected chi connectivity index (χ3v) is 5.10. The fraction of sp³-hybridized carbons (Fsp3) is 0.600. The molecule has 0 saturated carbocycles. The summed E-state index contributed by atoms with van der Waals surface area (Å²) in [5, 5.41) is 0. The van der Waals surface area contributed by atoms with Crippen LogP contribution >= 0.6 is 0 Å². The van der Waals surface area contributed by atoms with Gasteiger partial charge in [-0.15, -0.1) is 0 Å². The zero-order valence-electron chi connectivity index (χ0n) is 12.7. The second-order valence-corrected chi connectivity index (χ2v) is 7.75. The van der Waals surface area contributed by atoms with Crippen LogP contribution < -0.4 is 10.5 Å². The molecule has 0 radical (unpaired) electrons. The Morgan fingerprint density at radius 3 is 2.81 bits per heavy atom. The highest BCUT2D eigenvalue weighted by Crippen LogP contribution is 2.25. The van der Waals surface area contributed by atoms with Gasteiger partial charge in [-0.05, 0) is 25.8 Å². The van der Waals surface area contributed by atoms with Gasteiger partial charge in [-0.2, -0.15) is 0 Å². The molecule has 0 amide bonds. The number of hydrogen-bond donors (Lipinski definition) is 1. The van der Waals surface area contributed by atoms with E-state index in [2.05, 4.69) is 0 Å². The zero-order chi connectivity index (χ0) is 15.5. The quantitative estimate of drug-likeness (QED) is 0.899. The lowest BCUT2D eigenvalue weighted by Crippen LogP contribution is -2.41. The summed E-state index contributed by atoms with van der Waals surface area (Å²) in [6.45, 7) is 3.61.